The maximum absolute atomic E-state index is 12.6. The maximum atomic E-state index is 12.6. The third-order valence-corrected chi connectivity index (χ3v) is 5.96. The van der Waals surface area contributed by atoms with Crippen LogP contribution in [0.3, 0.4) is 0 Å². The minimum Gasteiger partial charge on any atom is -0.477 e. The van der Waals surface area contributed by atoms with Crippen LogP contribution in [0.2, 0.25) is 0 Å². The summed E-state index contributed by atoms with van der Waals surface area (Å²) in [6.45, 7) is 2.09. The molecule has 1 fully saturated rings. The van der Waals surface area contributed by atoms with Crippen LogP contribution in [0.15, 0.2) is 47.4 Å². The fourth-order valence-corrected chi connectivity index (χ4v) is 4.12. The number of nitro benzene ring substituents is 1. The monoisotopic (exact) mass is 483 g/mol. The van der Waals surface area contributed by atoms with E-state index in [0.717, 1.165) is 46.3 Å². The number of aryl methyl sites for hydroxylation is 1. The molecule has 0 atom stereocenters. The van der Waals surface area contributed by atoms with Gasteiger partial charge in [0.2, 0.25) is 5.91 Å². The van der Waals surface area contributed by atoms with Crippen LogP contribution in [-0.4, -0.2) is 44.5 Å². The number of amides is 3. The van der Waals surface area contributed by atoms with Crippen LogP contribution in [-0.2, 0) is 16.0 Å². The maximum Gasteiger partial charge on any atom is 0.342 e. The van der Waals surface area contributed by atoms with Crippen LogP contribution < -0.4 is 5.32 Å². The van der Waals surface area contributed by atoms with E-state index in [2.05, 4.69) is 5.32 Å². The Labute approximate surface area is 198 Å². The number of nitrogens with zero attached hydrogens (tertiary/aromatic N) is 2. The molecule has 2 aromatic rings. The number of anilines is 1. The molecule has 11 heteroatoms. The number of nitro groups is 1. The third kappa shape index (κ3) is 5.87. The highest BCUT2D eigenvalue weighted by molar-refractivity contribution is 8.18. The van der Waals surface area contributed by atoms with Gasteiger partial charge in [-0.2, -0.15) is 0 Å². The number of rotatable bonds is 9. The van der Waals surface area contributed by atoms with Gasteiger partial charge >= 0.3 is 5.97 Å². The Morgan fingerprint density at radius 1 is 1.18 bits per heavy atom. The lowest BCUT2D eigenvalue weighted by Gasteiger charge is -2.12. The number of aromatic carboxylic acids is 1. The number of carboxylic acids is 1. The number of carbonyl (C=O) groups is 4. The SMILES string of the molecule is CCc1ccc(/C=C2\SC(=O)N(CCCC(=O)Nc3ccc(C(=O)O)c([N+](=O)[O-])c3)C2=O)cc1. The zero-order valence-corrected chi connectivity index (χ0v) is 19.0. The van der Waals surface area contributed by atoms with Gasteiger partial charge in [-0.1, -0.05) is 31.2 Å². The zero-order valence-electron chi connectivity index (χ0n) is 18.1. The van der Waals surface area contributed by atoms with E-state index in [9.17, 15) is 29.3 Å². The summed E-state index contributed by atoms with van der Waals surface area (Å²) in [6, 6.07) is 10.9. The van der Waals surface area contributed by atoms with Crippen LogP contribution in [0.5, 0.6) is 0 Å². The molecule has 2 aromatic carbocycles. The van der Waals surface area contributed by atoms with Gasteiger partial charge in [0.1, 0.15) is 5.56 Å². The van der Waals surface area contributed by atoms with Crippen LogP contribution in [0, 0.1) is 10.1 Å². The number of thioether (sulfide) groups is 1. The Balaban J connectivity index is 1.56. The number of nitrogens with one attached hydrogen (secondary N) is 1. The van der Waals surface area contributed by atoms with Crippen LogP contribution in [0.4, 0.5) is 16.2 Å². The molecule has 3 amide bonds. The van der Waals surface area contributed by atoms with Crippen molar-refractivity contribution in [1.29, 1.82) is 0 Å². The van der Waals surface area contributed by atoms with Gasteiger partial charge < -0.3 is 10.4 Å². The Morgan fingerprint density at radius 2 is 1.88 bits per heavy atom. The molecule has 0 spiro atoms. The first-order chi connectivity index (χ1) is 16.2. The minimum absolute atomic E-state index is 0.0439. The van der Waals surface area contributed by atoms with Crippen molar-refractivity contribution < 1.29 is 29.2 Å². The topological polar surface area (TPSA) is 147 Å². The summed E-state index contributed by atoms with van der Waals surface area (Å²) in [5.74, 6) is -2.36. The number of hydrogen-bond acceptors (Lipinski definition) is 7. The van der Waals surface area contributed by atoms with E-state index < -0.39 is 39.2 Å². The van der Waals surface area contributed by atoms with E-state index in [-0.39, 0.29) is 25.1 Å². The molecule has 1 heterocycles. The smallest absolute Gasteiger partial charge is 0.342 e. The Kier molecular flexibility index (Phi) is 7.79. The molecule has 0 aromatic heterocycles. The average molecular weight is 484 g/mol. The molecule has 0 unspecified atom stereocenters. The first-order valence-electron chi connectivity index (χ1n) is 10.4. The molecule has 34 heavy (non-hydrogen) atoms. The van der Waals surface area contributed by atoms with E-state index in [1.165, 1.54) is 6.07 Å². The third-order valence-electron chi connectivity index (χ3n) is 5.05. The van der Waals surface area contributed by atoms with Gasteiger partial charge in [0.05, 0.1) is 9.83 Å². The molecule has 1 aliphatic rings. The van der Waals surface area contributed by atoms with Gasteiger partial charge in [0, 0.05) is 24.7 Å². The molecule has 2 N–H and O–H groups in total. The summed E-state index contributed by atoms with van der Waals surface area (Å²) in [4.78, 5) is 59.8. The molecule has 0 radical (unpaired) electrons. The number of carboxylic acid groups (broad SMARTS) is 1. The molecule has 3 rings (SSSR count). The highest BCUT2D eigenvalue weighted by Gasteiger charge is 2.34. The standard InChI is InChI=1S/C23H21N3O7S/c1-2-14-5-7-15(8-6-14)12-19-21(28)25(23(31)34-19)11-3-4-20(27)24-16-9-10-17(22(29)30)18(13-16)26(32)33/h5-10,12-13H,2-4,11H2,1H3,(H,24,27)(H,29,30)/b19-12-. The van der Waals surface area contributed by atoms with Crippen molar-refractivity contribution in [2.24, 2.45) is 0 Å². The van der Waals surface area contributed by atoms with E-state index in [4.69, 9.17) is 5.11 Å². The van der Waals surface area contributed by atoms with Crippen molar-refractivity contribution in [3.63, 3.8) is 0 Å². The molecule has 0 saturated carbocycles. The van der Waals surface area contributed by atoms with Crippen molar-refractivity contribution in [1.82, 2.24) is 4.90 Å². The Bertz CT molecular complexity index is 1190. The number of benzene rings is 2. The number of imide groups is 1. The van der Waals surface area contributed by atoms with Gasteiger partial charge in [-0.15, -0.1) is 0 Å². The summed E-state index contributed by atoms with van der Waals surface area (Å²) in [5, 5.41) is 22.1. The minimum atomic E-state index is -1.45. The molecule has 0 bridgehead atoms. The van der Waals surface area contributed by atoms with Gasteiger partial charge in [0.15, 0.2) is 0 Å². The quantitative estimate of drug-likeness (QED) is 0.305. The summed E-state index contributed by atoms with van der Waals surface area (Å²) < 4.78 is 0. The Hall–Kier alpha value is -3.99. The van der Waals surface area contributed by atoms with Crippen molar-refractivity contribution in [2.75, 3.05) is 11.9 Å². The highest BCUT2D eigenvalue weighted by atomic mass is 32.2. The number of carbonyl (C=O) groups excluding carboxylic acids is 3. The van der Waals surface area contributed by atoms with Crippen LogP contribution in [0.1, 0.15) is 41.3 Å². The second-order valence-electron chi connectivity index (χ2n) is 7.37. The van der Waals surface area contributed by atoms with Gasteiger partial charge in [-0.25, -0.2) is 4.79 Å². The fourth-order valence-electron chi connectivity index (χ4n) is 3.26. The first kappa shape index (κ1) is 24.6. The molecule has 1 aliphatic heterocycles. The van der Waals surface area contributed by atoms with Crippen LogP contribution in [0.25, 0.3) is 6.08 Å². The lowest BCUT2D eigenvalue weighted by molar-refractivity contribution is -0.385. The molecular weight excluding hydrogens is 462 g/mol. The van der Waals surface area contributed by atoms with E-state index in [1.54, 1.807) is 6.08 Å². The lowest BCUT2D eigenvalue weighted by Crippen LogP contribution is -2.29. The molecule has 0 aliphatic carbocycles. The van der Waals surface area contributed by atoms with Crippen molar-refractivity contribution in [3.05, 3.63) is 74.2 Å². The summed E-state index contributed by atoms with van der Waals surface area (Å²) >= 11 is 0.842. The van der Waals surface area contributed by atoms with Gasteiger partial charge in [-0.05, 0) is 53.9 Å². The predicted molar refractivity (Wildman–Crippen MR) is 126 cm³/mol. The molecule has 10 nitrogen and oxygen atoms in total. The van der Waals surface area contributed by atoms with Crippen molar-refractivity contribution in [2.45, 2.75) is 26.2 Å². The summed E-state index contributed by atoms with van der Waals surface area (Å²) in [6.07, 6.45) is 2.70. The zero-order chi connectivity index (χ0) is 24.8. The summed E-state index contributed by atoms with van der Waals surface area (Å²) in [5.41, 5.74) is 0.918. The first-order valence-corrected chi connectivity index (χ1v) is 11.2. The normalized spacial score (nSPS) is 14.5. The lowest BCUT2D eigenvalue weighted by atomic mass is 10.1. The second-order valence-corrected chi connectivity index (χ2v) is 8.37. The van der Waals surface area contributed by atoms with Crippen molar-refractivity contribution >= 4 is 52.2 Å². The summed E-state index contributed by atoms with van der Waals surface area (Å²) in [7, 11) is 0. The predicted octanol–water partition coefficient (Wildman–Crippen LogP) is 4.31. The fraction of sp³-hybridized carbons (Fsp3) is 0.217. The van der Waals surface area contributed by atoms with Gasteiger partial charge in [0.25, 0.3) is 16.8 Å². The van der Waals surface area contributed by atoms with E-state index in [0.29, 0.717) is 4.91 Å². The van der Waals surface area contributed by atoms with Crippen LogP contribution >= 0.6 is 11.8 Å². The molecule has 1 saturated heterocycles. The van der Waals surface area contributed by atoms with Crippen molar-refractivity contribution in [3.8, 4) is 0 Å². The van der Waals surface area contributed by atoms with E-state index in [1.807, 2.05) is 31.2 Å². The van der Waals surface area contributed by atoms with E-state index >= 15 is 0 Å². The highest BCUT2D eigenvalue weighted by Crippen LogP contribution is 2.32. The second kappa shape index (κ2) is 10.8. The van der Waals surface area contributed by atoms with Gasteiger partial charge in [-0.3, -0.25) is 29.4 Å². The molecular formula is C23H21N3O7S. The average Bonchev–Trinajstić information content (AvgIpc) is 3.06. The number of hydrogen-bond donors (Lipinski definition) is 2. The molecule has 176 valence electrons. The Morgan fingerprint density at radius 3 is 2.50 bits per heavy atom. The largest absolute Gasteiger partial charge is 0.477 e.